The molecule has 0 spiro atoms. The maximum absolute atomic E-state index is 11.7. The smallest absolute Gasteiger partial charge is 0.321 e. The molecule has 8 nitrogen and oxygen atoms in total. The number of carbonyl (C=O) groups excluding carboxylic acids is 1. The van der Waals surface area contributed by atoms with Gasteiger partial charge in [0.1, 0.15) is 18.4 Å². The number of hydrogen-bond acceptors (Lipinski definition) is 5. The Kier molecular flexibility index (Phi) is 3.69. The standard InChI is InChI=1S/C10H16N2O6/c13-4-5-3-6(9(15)16)8(18-5)12-2-1-7(14)11-10(12)17/h5-8,13-14H,1-4H2,(H,11,17)(H,15,16)/t5?,6?,7?,8-/m1/s1. The van der Waals surface area contributed by atoms with Crippen molar-refractivity contribution in [3.05, 3.63) is 0 Å². The van der Waals surface area contributed by atoms with Crippen LogP contribution in [0.5, 0.6) is 0 Å². The number of nitrogens with zero attached hydrogens (tertiary/aromatic N) is 1. The van der Waals surface area contributed by atoms with Crippen molar-refractivity contribution < 1.29 is 29.6 Å². The number of aliphatic carboxylic acids is 1. The Balaban J connectivity index is 2.10. The lowest BCUT2D eigenvalue weighted by molar-refractivity contribution is -0.148. The number of ether oxygens (including phenoxy) is 1. The molecule has 8 heteroatoms. The van der Waals surface area contributed by atoms with E-state index < -0.39 is 36.5 Å². The third-order valence-electron chi connectivity index (χ3n) is 3.22. The molecule has 4 N–H and O–H groups in total. The molecule has 0 bridgehead atoms. The van der Waals surface area contributed by atoms with Crippen LogP contribution in [0.4, 0.5) is 4.79 Å². The molecule has 4 atom stereocenters. The first kappa shape index (κ1) is 13.1. The summed E-state index contributed by atoms with van der Waals surface area (Å²) in [5.74, 6) is -1.92. The van der Waals surface area contributed by atoms with Crippen molar-refractivity contribution in [3.63, 3.8) is 0 Å². The highest BCUT2D eigenvalue weighted by Crippen LogP contribution is 2.30. The summed E-state index contributed by atoms with van der Waals surface area (Å²) in [6.45, 7) is -0.0576. The van der Waals surface area contributed by atoms with E-state index in [-0.39, 0.29) is 19.6 Å². The van der Waals surface area contributed by atoms with Gasteiger partial charge in [0, 0.05) is 13.0 Å². The molecule has 2 amide bonds. The molecule has 0 aromatic rings. The minimum Gasteiger partial charge on any atom is -0.481 e. The molecule has 102 valence electrons. The van der Waals surface area contributed by atoms with Gasteiger partial charge in [0.25, 0.3) is 0 Å². The van der Waals surface area contributed by atoms with E-state index in [1.807, 2.05) is 0 Å². The van der Waals surface area contributed by atoms with E-state index >= 15 is 0 Å². The van der Waals surface area contributed by atoms with Crippen molar-refractivity contribution in [1.82, 2.24) is 10.2 Å². The van der Waals surface area contributed by atoms with Gasteiger partial charge in [-0.15, -0.1) is 0 Å². The van der Waals surface area contributed by atoms with Crippen LogP contribution >= 0.6 is 0 Å². The van der Waals surface area contributed by atoms with Crippen LogP contribution in [0.1, 0.15) is 12.8 Å². The van der Waals surface area contributed by atoms with Crippen LogP contribution in [-0.4, -0.2) is 63.9 Å². The van der Waals surface area contributed by atoms with Gasteiger partial charge in [0.2, 0.25) is 0 Å². The fraction of sp³-hybridized carbons (Fsp3) is 0.800. The fourth-order valence-electron chi connectivity index (χ4n) is 2.28. The van der Waals surface area contributed by atoms with Gasteiger partial charge >= 0.3 is 12.0 Å². The highest BCUT2D eigenvalue weighted by molar-refractivity contribution is 5.77. The summed E-state index contributed by atoms with van der Waals surface area (Å²) >= 11 is 0. The van der Waals surface area contributed by atoms with Crippen molar-refractivity contribution in [2.75, 3.05) is 13.2 Å². The van der Waals surface area contributed by atoms with Gasteiger partial charge in [-0.3, -0.25) is 9.69 Å². The highest BCUT2D eigenvalue weighted by atomic mass is 16.5. The number of carbonyl (C=O) groups is 2. The zero-order valence-electron chi connectivity index (χ0n) is 9.65. The number of nitrogens with one attached hydrogen (secondary N) is 1. The number of urea groups is 1. The third-order valence-corrected chi connectivity index (χ3v) is 3.22. The van der Waals surface area contributed by atoms with Gasteiger partial charge in [0.15, 0.2) is 0 Å². The second-order valence-electron chi connectivity index (χ2n) is 4.46. The van der Waals surface area contributed by atoms with E-state index in [4.69, 9.17) is 14.9 Å². The monoisotopic (exact) mass is 260 g/mol. The number of amides is 2. The molecule has 2 heterocycles. The molecule has 3 unspecified atom stereocenters. The molecule has 0 aliphatic carbocycles. The van der Waals surface area contributed by atoms with E-state index in [1.165, 1.54) is 4.90 Å². The zero-order valence-corrected chi connectivity index (χ0v) is 9.65. The normalized spacial score (nSPS) is 36.6. The maximum atomic E-state index is 11.7. The van der Waals surface area contributed by atoms with Gasteiger partial charge < -0.3 is 25.4 Å². The van der Waals surface area contributed by atoms with Crippen LogP contribution in [-0.2, 0) is 9.53 Å². The van der Waals surface area contributed by atoms with Crippen LogP contribution in [0.2, 0.25) is 0 Å². The van der Waals surface area contributed by atoms with Crippen LogP contribution in [0.15, 0.2) is 0 Å². The lowest BCUT2D eigenvalue weighted by atomic mass is 10.0. The minimum atomic E-state index is -1.06. The molecular weight excluding hydrogens is 244 g/mol. The van der Waals surface area contributed by atoms with Gasteiger partial charge in [-0.2, -0.15) is 0 Å². The first-order valence-electron chi connectivity index (χ1n) is 5.77. The highest BCUT2D eigenvalue weighted by Gasteiger charge is 2.45. The molecule has 2 fully saturated rings. The Morgan fingerprint density at radius 2 is 2.28 bits per heavy atom. The molecule has 18 heavy (non-hydrogen) atoms. The predicted molar refractivity (Wildman–Crippen MR) is 57.4 cm³/mol. The molecule has 2 saturated heterocycles. The first-order chi connectivity index (χ1) is 8.52. The van der Waals surface area contributed by atoms with Crippen molar-refractivity contribution in [2.45, 2.75) is 31.4 Å². The number of hydrogen-bond donors (Lipinski definition) is 4. The maximum Gasteiger partial charge on any atom is 0.321 e. The summed E-state index contributed by atoms with van der Waals surface area (Å²) in [5, 5.41) is 29.7. The first-order valence-corrected chi connectivity index (χ1v) is 5.77. The van der Waals surface area contributed by atoms with Gasteiger partial charge in [-0.25, -0.2) is 4.79 Å². The van der Waals surface area contributed by atoms with E-state index in [0.29, 0.717) is 6.42 Å². The van der Waals surface area contributed by atoms with Crippen LogP contribution in [0.3, 0.4) is 0 Å². The second-order valence-corrected chi connectivity index (χ2v) is 4.46. The summed E-state index contributed by atoms with van der Waals surface area (Å²) in [6.07, 6.45) is -1.90. The predicted octanol–water partition coefficient (Wildman–Crippen LogP) is -1.47. The molecular formula is C10H16N2O6. The Morgan fingerprint density at radius 3 is 2.83 bits per heavy atom. The number of aliphatic hydroxyl groups excluding tert-OH is 2. The Morgan fingerprint density at radius 1 is 1.56 bits per heavy atom. The van der Waals surface area contributed by atoms with Crippen LogP contribution in [0, 0.1) is 5.92 Å². The van der Waals surface area contributed by atoms with Crippen LogP contribution < -0.4 is 5.32 Å². The van der Waals surface area contributed by atoms with Gasteiger partial charge in [-0.1, -0.05) is 0 Å². The van der Waals surface area contributed by atoms with Crippen molar-refractivity contribution in [2.24, 2.45) is 5.92 Å². The Labute approximate surface area is 103 Å². The van der Waals surface area contributed by atoms with Crippen LogP contribution in [0.25, 0.3) is 0 Å². The summed E-state index contributed by atoms with van der Waals surface area (Å²) in [5.41, 5.74) is 0. The average Bonchev–Trinajstić information content (AvgIpc) is 2.73. The van der Waals surface area contributed by atoms with Gasteiger partial charge in [0.05, 0.1) is 12.7 Å². The van der Waals surface area contributed by atoms with E-state index in [0.717, 1.165) is 0 Å². The lowest BCUT2D eigenvalue weighted by Crippen LogP contribution is -2.57. The van der Waals surface area contributed by atoms with Crippen molar-refractivity contribution in [3.8, 4) is 0 Å². The Hall–Kier alpha value is -1.38. The molecule has 0 saturated carbocycles. The quantitative estimate of drug-likeness (QED) is 0.492. The fourth-order valence-corrected chi connectivity index (χ4v) is 2.28. The third kappa shape index (κ3) is 2.40. The number of carboxylic acid groups (broad SMARTS) is 1. The van der Waals surface area contributed by atoms with E-state index in [2.05, 4.69) is 5.32 Å². The molecule has 0 aromatic carbocycles. The number of rotatable bonds is 3. The van der Waals surface area contributed by atoms with Crippen molar-refractivity contribution >= 4 is 12.0 Å². The molecule has 0 aromatic heterocycles. The summed E-state index contributed by atoms with van der Waals surface area (Å²) in [6, 6.07) is -0.552. The zero-order chi connectivity index (χ0) is 13.3. The second kappa shape index (κ2) is 5.09. The van der Waals surface area contributed by atoms with Gasteiger partial charge in [-0.05, 0) is 6.42 Å². The summed E-state index contributed by atoms with van der Waals surface area (Å²) in [7, 11) is 0. The molecule has 2 aliphatic rings. The van der Waals surface area contributed by atoms with Crippen molar-refractivity contribution in [1.29, 1.82) is 0 Å². The largest absolute Gasteiger partial charge is 0.481 e. The molecule has 2 aliphatic heterocycles. The number of aliphatic hydroxyl groups is 2. The molecule has 0 radical (unpaired) electrons. The minimum absolute atomic E-state index is 0.169. The topological polar surface area (TPSA) is 119 Å². The lowest BCUT2D eigenvalue weighted by Gasteiger charge is -2.35. The molecule has 2 rings (SSSR count). The number of carboxylic acids is 1. The van der Waals surface area contributed by atoms with E-state index in [9.17, 15) is 14.7 Å². The summed E-state index contributed by atoms with van der Waals surface area (Å²) in [4.78, 5) is 24.0. The SMILES string of the molecule is O=C(O)C1CC(CO)O[C@H]1N1CCC(O)NC1=O. The average molecular weight is 260 g/mol. The van der Waals surface area contributed by atoms with E-state index in [1.54, 1.807) is 0 Å². The Bertz CT molecular complexity index is 349. The summed E-state index contributed by atoms with van der Waals surface area (Å²) < 4.78 is 5.38.